The SMILES string of the molecule is O=C(NC1CCOC1C(=O)N[C@@H]1C[C@H]2C[C@@]2(C(=O)O)C1)OCC1c2ccccc2-c2ccccc21. The average molecular weight is 477 g/mol. The number of ether oxygens (including phenoxy) is 2. The second-order valence-electron chi connectivity index (χ2n) is 10.2. The Kier molecular flexibility index (Phi) is 5.29. The third-order valence-corrected chi connectivity index (χ3v) is 8.18. The molecule has 1 saturated heterocycles. The number of hydrogen-bond acceptors (Lipinski definition) is 5. The molecule has 5 atom stereocenters. The highest BCUT2D eigenvalue weighted by atomic mass is 16.6. The minimum absolute atomic E-state index is 0.0394. The Morgan fingerprint density at radius 1 is 1.00 bits per heavy atom. The molecule has 3 fully saturated rings. The Labute approximate surface area is 203 Å². The van der Waals surface area contributed by atoms with Crippen LogP contribution in [0, 0.1) is 11.3 Å². The van der Waals surface area contributed by atoms with Crippen LogP contribution >= 0.6 is 0 Å². The van der Waals surface area contributed by atoms with E-state index in [1.54, 1.807) is 0 Å². The second-order valence-corrected chi connectivity index (χ2v) is 10.2. The zero-order valence-electron chi connectivity index (χ0n) is 19.2. The van der Waals surface area contributed by atoms with E-state index in [0.29, 0.717) is 32.3 Å². The number of carbonyl (C=O) groups excluding carboxylic acids is 2. The summed E-state index contributed by atoms with van der Waals surface area (Å²) in [5.74, 6) is -0.976. The lowest BCUT2D eigenvalue weighted by atomic mass is 9.98. The standard InChI is InChI=1S/C27H28N2O6/c30-24(28-16-11-15-12-27(15,13-16)25(31)32)23-22(9-10-34-23)29-26(33)35-14-21-19-7-3-1-5-17(19)18-6-2-4-8-20(18)21/h1-8,15-16,21-23H,9-14H2,(H,28,30)(H,29,33)(H,31,32)/t15-,16+,22?,23?,27+/m0/s1. The molecule has 2 amide bonds. The van der Waals surface area contributed by atoms with Crippen molar-refractivity contribution in [2.75, 3.05) is 13.2 Å². The smallest absolute Gasteiger partial charge is 0.407 e. The number of alkyl carbamates (subject to hydrolysis) is 1. The van der Waals surface area contributed by atoms with Gasteiger partial charge in [0.05, 0.1) is 11.5 Å². The van der Waals surface area contributed by atoms with Gasteiger partial charge in [-0.2, -0.15) is 0 Å². The van der Waals surface area contributed by atoms with E-state index in [4.69, 9.17) is 9.47 Å². The van der Waals surface area contributed by atoms with Crippen LogP contribution in [0.5, 0.6) is 0 Å². The van der Waals surface area contributed by atoms with Crippen LogP contribution in [-0.2, 0) is 19.1 Å². The number of carboxylic acids is 1. The summed E-state index contributed by atoms with van der Waals surface area (Å²) >= 11 is 0. The minimum atomic E-state index is -0.812. The summed E-state index contributed by atoms with van der Waals surface area (Å²) in [6.07, 6.45) is 0.945. The van der Waals surface area contributed by atoms with Crippen molar-refractivity contribution in [2.24, 2.45) is 11.3 Å². The van der Waals surface area contributed by atoms with Gasteiger partial charge < -0.3 is 25.2 Å². The Balaban J connectivity index is 1.05. The summed E-state index contributed by atoms with van der Waals surface area (Å²) in [5.41, 5.74) is 3.93. The second kappa shape index (κ2) is 8.37. The molecule has 8 nitrogen and oxygen atoms in total. The number of nitrogens with one attached hydrogen (secondary N) is 2. The number of fused-ring (bicyclic) bond motifs is 4. The Bertz CT molecular complexity index is 1150. The van der Waals surface area contributed by atoms with Gasteiger partial charge in [0.15, 0.2) is 6.10 Å². The molecule has 0 bridgehead atoms. The van der Waals surface area contributed by atoms with Crippen LogP contribution in [0.25, 0.3) is 11.1 Å². The summed E-state index contributed by atoms with van der Waals surface area (Å²) in [7, 11) is 0. The van der Waals surface area contributed by atoms with Gasteiger partial charge in [0.1, 0.15) is 6.61 Å². The highest BCUT2D eigenvalue weighted by molar-refractivity contribution is 5.84. The normalized spacial score (nSPS) is 30.2. The maximum atomic E-state index is 12.9. The van der Waals surface area contributed by atoms with Crippen LogP contribution in [0.1, 0.15) is 42.7 Å². The van der Waals surface area contributed by atoms with Crippen molar-refractivity contribution >= 4 is 18.0 Å². The maximum Gasteiger partial charge on any atom is 0.407 e. The molecule has 3 N–H and O–H groups in total. The molecule has 3 aliphatic carbocycles. The van der Waals surface area contributed by atoms with Gasteiger partial charge in [0, 0.05) is 18.6 Å². The fourth-order valence-corrected chi connectivity index (χ4v) is 6.34. The number of aliphatic carboxylic acids is 1. The van der Waals surface area contributed by atoms with Gasteiger partial charge in [-0.3, -0.25) is 9.59 Å². The van der Waals surface area contributed by atoms with E-state index in [1.807, 2.05) is 24.3 Å². The van der Waals surface area contributed by atoms with Crippen molar-refractivity contribution < 1.29 is 29.0 Å². The van der Waals surface area contributed by atoms with Gasteiger partial charge in [-0.1, -0.05) is 48.5 Å². The van der Waals surface area contributed by atoms with Crippen molar-refractivity contribution in [1.29, 1.82) is 0 Å². The first-order chi connectivity index (χ1) is 17.0. The third kappa shape index (κ3) is 3.76. The van der Waals surface area contributed by atoms with Crippen LogP contribution in [0.4, 0.5) is 4.79 Å². The fourth-order valence-electron chi connectivity index (χ4n) is 6.34. The molecule has 4 aliphatic rings. The predicted molar refractivity (Wildman–Crippen MR) is 126 cm³/mol. The number of carbonyl (C=O) groups is 3. The molecule has 35 heavy (non-hydrogen) atoms. The zero-order chi connectivity index (χ0) is 24.2. The summed E-state index contributed by atoms with van der Waals surface area (Å²) in [4.78, 5) is 37.0. The number of benzene rings is 2. The molecule has 8 heteroatoms. The highest BCUT2D eigenvalue weighted by Crippen LogP contribution is 2.63. The van der Waals surface area contributed by atoms with E-state index in [1.165, 1.54) is 0 Å². The topological polar surface area (TPSA) is 114 Å². The van der Waals surface area contributed by atoms with Crippen LogP contribution in [0.15, 0.2) is 48.5 Å². The maximum absolute atomic E-state index is 12.9. The van der Waals surface area contributed by atoms with Gasteiger partial charge in [-0.25, -0.2) is 4.79 Å². The van der Waals surface area contributed by atoms with Crippen molar-refractivity contribution in [3.63, 3.8) is 0 Å². The molecular formula is C27H28N2O6. The van der Waals surface area contributed by atoms with Crippen LogP contribution < -0.4 is 10.6 Å². The van der Waals surface area contributed by atoms with Gasteiger partial charge in [0.25, 0.3) is 5.91 Å². The van der Waals surface area contributed by atoms with E-state index in [0.717, 1.165) is 22.3 Å². The van der Waals surface area contributed by atoms with E-state index in [-0.39, 0.29) is 30.4 Å². The molecule has 2 aromatic rings. The molecule has 1 heterocycles. The number of carboxylic acid groups (broad SMARTS) is 1. The minimum Gasteiger partial charge on any atom is -0.481 e. The van der Waals surface area contributed by atoms with E-state index in [9.17, 15) is 19.5 Å². The Morgan fingerprint density at radius 3 is 2.34 bits per heavy atom. The van der Waals surface area contributed by atoms with Gasteiger partial charge in [-0.15, -0.1) is 0 Å². The fraction of sp³-hybridized carbons (Fsp3) is 0.444. The lowest BCUT2D eigenvalue weighted by molar-refractivity contribution is -0.144. The summed E-state index contributed by atoms with van der Waals surface area (Å²) < 4.78 is 11.2. The first-order valence-corrected chi connectivity index (χ1v) is 12.2. The lowest BCUT2D eigenvalue weighted by Gasteiger charge is -2.23. The number of amides is 2. The number of rotatable bonds is 6. The Hall–Kier alpha value is -3.39. The zero-order valence-corrected chi connectivity index (χ0v) is 19.2. The molecule has 0 spiro atoms. The van der Waals surface area contributed by atoms with E-state index < -0.39 is 29.6 Å². The van der Waals surface area contributed by atoms with Crippen molar-refractivity contribution in [2.45, 2.75) is 49.8 Å². The molecule has 2 saturated carbocycles. The van der Waals surface area contributed by atoms with Crippen LogP contribution in [0.3, 0.4) is 0 Å². The summed E-state index contributed by atoms with van der Waals surface area (Å²) in [5, 5.41) is 15.2. The highest BCUT2D eigenvalue weighted by Gasteiger charge is 2.65. The molecule has 2 unspecified atom stereocenters. The molecule has 2 aromatic carbocycles. The molecule has 6 rings (SSSR count). The molecular weight excluding hydrogens is 448 g/mol. The summed E-state index contributed by atoms with van der Waals surface area (Å²) in [6, 6.07) is 15.6. The summed E-state index contributed by atoms with van der Waals surface area (Å²) in [6.45, 7) is 0.559. The quantitative estimate of drug-likeness (QED) is 0.591. The van der Waals surface area contributed by atoms with Crippen molar-refractivity contribution in [3.05, 3.63) is 59.7 Å². The van der Waals surface area contributed by atoms with E-state index >= 15 is 0 Å². The van der Waals surface area contributed by atoms with Crippen LogP contribution in [-0.4, -0.2) is 54.5 Å². The molecule has 182 valence electrons. The van der Waals surface area contributed by atoms with Crippen LogP contribution in [0.2, 0.25) is 0 Å². The van der Waals surface area contributed by atoms with Crippen molar-refractivity contribution in [1.82, 2.24) is 10.6 Å². The first-order valence-electron chi connectivity index (χ1n) is 12.2. The predicted octanol–water partition coefficient (Wildman–Crippen LogP) is 3.05. The molecule has 1 aliphatic heterocycles. The van der Waals surface area contributed by atoms with Gasteiger partial charge in [-0.05, 0) is 53.9 Å². The third-order valence-electron chi connectivity index (χ3n) is 8.18. The molecule has 0 radical (unpaired) electrons. The van der Waals surface area contributed by atoms with E-state index in [2.05, 4.69) is 34.9 Å². The lowest BCUT2D eigenvalue weighted by Crippen LogP contribution is -2.50. The number of hydrogen-bond donors (Lipinski definition) is 3. The van der Waals surface area contributed by atoms with Gasteiger partial charge in [0.2, 0.25) is 0 Å². The Morgan fingerprint density at radius 2 is 1.69 bits per heavy atom. The van der Waals surface area contributed by atoms with Gasteiger partial charge >= 0.3 is 12.1 Å². The largest absolute Gasteiger partial charge is 0.481 e. The average Bonchev–Trinajstić information content (AvgIpc) is 3.17. The molecule has 0 aromatic heterocycles. The van der Waals surface area contributed by atoms with Crippen molar-refractivity contribution in [3.8, 4) is 11.1 Å². The monoisotopic (exact) mass is 476 g/mol. The first kappa shape index (κ1) is 22.1.